The fourth-order valence-corrected chi connectivity index (χ4v) is 9.83. The van der Waals surface area contributed by atoms with Crippen LogP contribution in [0.4, 0.5) is 0 Å². The van der Waals surface area contributed by atoms with Gasteiger partial charge in [0, 0.05) is 38.2 Å². The van der Waals surface area contributed by atoms with Crippen molar-refractivity contribution in [2.24, 2.45) is 17.6 Å². The number of carboxylic acids is 2. The van der Waals surface area contributed by atoms with E-state index < -0.39 is 228 Å². The first-order chi connectivity index (χ1) is 36.3. The third kappa shape index (κ3) is 14.7. The number of hydrogen-bond acceptors (Lipinski definition) is 29. The van der Waals surface area contributed by atoms with Gasteiger partial charge in [0.25, 0.3) is 11.6 Å². The molecule has 0 spiro atoms. The summed E-state index contributed by atoms with van der Waals surface area (Å²) in [5.41, 5.74) is 5.57. The summed E-state index contributed by atoms with van der Waals surface area (Å²) in [7, 11) is 0. The molecular formula is C45H78N2O30. The molecule has 5 rings (SSSR count). The summed E-state index contributed by atoms with van der Waals surface area (Å²) in [4.78, 5) is 39.1. The summed E-state index contributed by atoms with van der Waals surface area (Å²) in [5.74, 6) is -13.1. The molecule has 0 aliphatic carbocycles. The molecule has 1 amide bonds. The average Bonchev–Trinajstić information content (AvgIpc) is 3.39. The second-order valence-electron chi connectivity index (χ2n) is 20.0. The van der Waals surface area contributed by atoms with Gasteiger partial charge in [-0.15, -0.1) is 0 Å². The van der Waals surface area contributed by atoms with Gasteiger partial charge in [-0.05, 0) is 25.8 Å². The largest absolute Gasteiger partial charge is 0.477 e. The molecular weight excluding hydrogens is 1050 g/mol. The maximum atomic E-state index is 13.1. The Labute approximate surface area is 440 Å². The highest BCUT2D eigenvalue weighted by Crippen LogP contribution is 2.42. The number of carbonyl (C=O) groups excluding carboxylic acids is 1. The van der Waals surface area contributed by atoms with Crippen molar-refractivity contribution in [3.63, 3.8) is 0 Å². The molecule has 0 aromatic heterocycles. The summed E-state index contributed by atoms with van der Waals surface area (Å²) in [6, 6.07) is -1.91. The lowest BCUT2D eigenvalue weighted by Gasteiger charge is -2.51. The van der Waals surface area contributed by atoms with Gasteiger partial charge in [0.2, 0.25) is 5.91 Å². The van der Waals surface area contributed by atoms with Crippen LogP contribution in [0.15, 0.2) is 0 Å². The third-order valence-electron chi connectivity index (χ3n) is 14.6. The maximum absolute atomic E-state index is 13.1. The number of rotatable bonds is 26. The van der Waals surface area contributed by atoms with Crippen molar-refractivity contribution in [1.82, 2.24) is 5.32 Å². The summed E-state index contributed by atoms with van der Waals surface area (Å²) in [6.45, 7) is -1.27. The van der Waals surface area contributed by atoms with E-state index in [2.05, 4.69) is 5.32 Å². The van der Waals surface area contributed by atoms with E-state index in [1.165, 1.54) is 13.8 Å². The van der Waals surface area contributed by atoms with Crippen LogP contribution in [0.1, 0.15) is 52.9 Å². The standard InChI is InChI=1S/C45H78N2O30/c1-16-19(53)9-44(42(64)65,75-34(16)27(57)21(55)11-48)69-15-25-31(61)36(26(47-18(3)52)39(72-25)74-37-29(59)23(13-50)70-40(32(37)62)68-8-6-4-5-7-46)73-41-33(63)38(30(60)24(14-51)71-41)77-45(43(66)67)10-20(54)17(2)35(76-45)28(58)22(56)12-49/h16-17,19-41,48-51,53-63H,4-15,46H2,1-3H3,(H,47,52)(H,64,65)(H,66,67)/t16-,17+,19-,20?,21-,22-,23?,24?,25?,26?,27-,28-,29+,30+,31-,32?,33?,34?,35?,36-,37+,38+,39+,40-,41+,44-,45-/m1/s1. The van der Waals surface area contributed by atoms with Gasteiger partial charge in [0.1, 0.15) is 97.6 Å². The smallest absolute Gasteiger partial charge is 0.364 e. The molecule has 5 aliphatic rings. The van der Waals surface area contributed by atoms with Crippen molar-refractivity contribution in [2.75, 3.05) is 46.2 Å². The molecule has 5 aliphatic heterocycles. The molecule has 5 fully saturated rings. The van der Waals surface area contributed by atoms with E-state index in [4.69, 9.17) is 53.1 Å². The monoisotopic (exact) mass is 1130 g/mol. The first-order valence-electron chi connectivity index (χ1n) is 25.2. The van der Waals surface area contributed by atoms with Gasteiger partial charge in [-0.25, -0.2) is 9.59 Å². The lowest BCUT2D eigenvalue weighted by atomic mass is 9.84. The Bertz CT molecular complexity index is 1870. The Hall–Kier alpha value is -2.63. The van der Waals surface area contributed by atoms with Crippen LogP contribution in [-0.4, -0.2) is 303 Å². The number of aliphatic hydroxyl groups excluding tert-OH is 15. The Morgan fingerprint density at radius 2 is 1.09 bits per heavy atom. The van der Waals surface area contributed by atoms with Gasteiger partial charge < -0.3 is 145 Å². The summed E-state index contributed by atoms with van der Waals surface area (Å²) in [6.07, 6.45) is -43.5. The topological polar surface area (TPSA) is 525 Å². The molecule has 32 heteroatoms. The molecule has 5 saturated heterocycles. The van der Waals surface area contributed by atoms with Crippen molar-refractivity contribution in [1.29, 1.82) is 0 Å². The van der Waals surface area contributed by atoms with E-state index in [-0.39, 0.29) is 6.61 Å². The Morgan fingerprint density at radius 3 is 1.60 bits per heavy atom. The van der Waals surface area contributed by atoms with Crippen LogP contribution in [0.3, 0.4) is 0 Å². The fraction of sp³-hybridized carbons (Fsp3) is 0.933. The van der Waals surface area contributed by atoms with Gasteiger partial charge in [-0.2, -0.15) is 0 Å². The average molecular weight is 1130 g/mol. The van der Waals surface area contributed by atoms with Crippen LogP contribution >= 0.6 is 0 Å². The highest BCUT2D eigenvalue weighted by atomic mass is 16.8. The molecule has 0 aromatic carbocycles. The molecule has 20 N–H and O–H groups in total. The van der Waals surface area contributed by atoms with Crippen molar-refractivity contribution >= 4 is 17.8 Å². The number of ether oxygens (including phenoxy) is 10. The number of unbranched alkanes of at least 4 members (excludes halogenated alkanes) is 2. The second kappa shape index (κ2) is 28.4. The zero-order valence-corrected chi connectivity index (χ0v) is 42.4. The predicted octanol–water partition coefficient (Wildman–Crippen LogP) is -9.67. The van der Waals surface area contributed by atoms with Crippen molar-refractivity contribution < 1.29 is 149 Å². The molecule has 448 valence electrons. The SMILES string of the molecule is CC(=O)NC1[C@H](O[C@@H]2C(O)[C@H](OCCCCCN)OC(CO)[C@@H]2O)OC(CO[C@]2(C(=O)O)C[C@@H](O)[C@@H](C)C([C@H](O)[C@H](O)CO)O2)[C@@H](O)[C@@H]1O[C@@H]1OC(CO)[C@H](O)[C@H](O[C@@]2(C(=O)O)CC(O)[C@H](C)C([C@H](O)[C@H](O)CO)O2)C1O. The van der Waals surface area contributed by atoms with Crippen LogP contribution in [0.25, 0.3) is 0 Å². The first kappa shape index (κ1) is 65.2. The van der Waals surface area contributed by atoms with E-state index >= 15 is 0 Å². The van der Waals surface area contributed by atoms with E-state index in [9.17, 15) is 101 Å². The molecule has 5 heterocycles. The van der Waals surface area contributed by atoms with Gasteiger partial charge in [0.05, 0.1) is 57.5 Å². The number of amides is 1. The number of nitrogens with two attached hydrogens (primary N) is 1. The lowest BCUT2D eigenvalue weighted by molar-refractivity contribution is -0.389. The van der Waals surface area contributed by atoms with Crippen LogP contribution in [0, 0.1) is 11.8 Å². The molecule has 77 heavy (non-hydrogen) atoms. The Kier molecular flexibility index (Phi) is 24.0. The van der Waals surface area contributed by atoms with Crippen LogP contribution < -0.4 is 11.1 Å². The number of nitrogens with one attached hydrogen (secondary N) is 1. The quantitative estimate of drug-likeness (QED) is 0.0358. The van der Waals surface area contributed by atoms with E-state index in [1.54, 1.807) is 0 Å². The number of aliphatic carboxylic acids is 2. The van der Waals surface area contributed by atoms with Gasteiger partial charge in [-0.1, -0.05) is 13.8 Å². The molecule has 0 bridgehead atoms. The van der Waals surface area contributed by atoms with E-state index in [0.717, 1.165) is 6.92 Å². The normalized spacial score (nSPS) is 43.4. The zero-order chi connectivity index (χ0) is 57.4. The van der Waals surface area contributed by atoms with Gasteiger partial charge in [0.15, 0.2) is 18.9 Å². The molecule has 0 radical (unpaired) electrons. The van der Waals surface area contributed by atoms with Gasteiger partial charge in [-0.3, -0.25) is 4.79 Å². The number of aliphatic hydroxyl groups is 15. The van der Waals surface area contributed by atoms with Crippen molar-refractivity contribution in [3.8, 4) is 0 Å². The van der Waals surface area contributed by atoms with E-state index in [1.807, 2.05) is 0 Å². The minimum atomic E-state index is -3.10. The van der Waals surface area contributed by atoms with Crippen LogP contribution in [-0.2, 0) is 61.8 Å². The second-order valence-corrected chi connectivity index (χ2v) is 20.0. The number of hydrogen-bond donors (Lipinski definition) is 19. The molecule has 32 nitrogen and oxygen atoms in total. The van der Waals surface area contributed by atoms with E-state index in [0.29, 0.717) is 25.8 Å². The fourth-order valence-electron chi connectivity index (χ4n) is 9.83. The third-order valence-corrected chi connectivity index (χ3v) is 14.6. The summed E-state index contributed by atoms with van der Waals surface area (Å²) < 4.78 is 58.4. The first-order valence-corrected chi connectivity index (χ1v) is 25.2. The zero-order valence-electron chi connectivity index (χ0n) is 42.4. The van der Waals surface area contributed by atoms with Crippen molar-refractivity contribution in [2.45, 2.75) is 205 Å². The summed E-state index contributed by atoms with van der Waals surface area (Å²) >= 11 is 0. The molecule has 0 aromatic rings. The minimum absolute atomic E-state index is 0.0247. The minimum Gasteiger partial charge on any atom is -0.477 e. The summed E-state index contributed by atoms with van der Waals surface area (Å²) in [5, 5.41) is 186. The highest BCUT2D eigenvalue weighted by Gasteiger charge is 2.61. The molecule has 9 unspecified atom stereocenters. The van der Waals surface area contributed by atoms with Crippen LogP contribution in [0.2, 0.25) is 0 Å². The highest BCUT2D eigenvalue weighted by molar-refractivity contribution is 5.76. The van der Waals surface area contributed by atoms with Gasteiger partial charge >= 0.3 is 11.9 Å². The van der Waals surface area contributed by atoms with Crippen LogP contribution in [0.5, 0.6) is 0 Å². The number of carbonyl (C=O) groups is 3. The molecule has 27 atom stereocenters. The Balaban J connectivity index is 1.56. The molecule has 0 saturated carbocycles. The number of carboxylic acid groups (broad SMARTS) is 2. The lowest BCUT2D eigenvalue weighted by Crippen LogP contribution is -2.71. The van der Waals surface area contributed by atoms with Crippen molar-refractivity contribution in [3.05, 3.63) is 0 Å². The maximum Gasteiger partial charge on any atom is 0.364 e. The predicted molar refractivity (Wildman–Crippen MR) is 245 cm³/mol. The Morgan fingerprint density at radius 1 is 0.623 bits per heavy atom.